The second-order valence-corrected chi connectivity index (χ2v) is 4.89. The maximum Gasteiger partial charge on any atom is 0.417 e. The summed E-state index contributed by atoms with van der Waals surface area (Å²) in [6.45, 7) is 0.712. The molecule has 0 aliphatic heterocycles. The summed E-state index contributed by atoms with van der Waals surface area (Å²) in [6, 6.07) is 3.96. The van der Waals surface area contributed by atoms with E-state index in [0.717, 1.165) is 18.9 Å². The Morgan fingerprint density at radius 1 is 1.39 bits per heavy atom. The number of alkyl halides is 3. The number of rotatable bonds is 4. The van der Waals surface area contributed by atoms with E-state index in [1.165, 1.54) is 6.07 Å². The lowest BCUT2D eigenvalue weighted by Gasteiger charge is -2.14. The summed E-state index contributed by atoms with van der Waals surface area (Å²) < 4.78 is 38.6. The number of hydrogen-bond donors (Lipinski definition) is 2. The molecule has 0 unspecified atom stereocenters. The highest BCUT2D eigenvalue weighted by molar-refractivity contribution is 7.80. The van der Waals surface area contributed by atoms with Crippen LogP contribution in [0.25, 0.3) is 0 Å². The van der Waals surface area contributed by atoms with Crippen molar-refractivity contribution in [1.82, 2.24) is 0 Å². The van der Waals surface area contributed by atoms with E-state index in [4.69, 9.17) is 5.73 Å². The summed E-state index contributed by atoms with van der Waals surface area (Å²) >= 11 is 4.64. The van der Waals surface area contributed by atoms with Crippen LogP contribution in [0.5, 0.6) is 0 Å². The van der Waals surface area contributed by atoms with Gasteiger partial charge in [-0.05, 0) is 37.0 Å². The zero-order valence-corrected chi connectivity index (χ0v) is 10.4. The standard InChI is InChI=1S/C12H13F3N2S/c13-12(14,15)10-5-8(17-6-7-1-2-7)3-4-9(10)11(16)18/h3-5,7,17H,1-2,6H2,(H2,16,18). The smallest absolute Gasteiger partial charge is 0.389 e. The van der Waals surface area contributed by atoms with Gasteiger partial charge in [-0.25, -0.2) is 0 Å². The largest absolute Gasteiger partial charge is 0.417 e. The van der Waals surface area contributed by atoms with E-state index in [1.807, 2.05) is 0 Å². The molecule has 3 N–H and O–H groups in total. The molecule has 98 valence electrons. The number of benzene rings is 1. The summed E-state index contributed by atoms with van der Waals surface area (Å²) in [6.07, 6.45) is -2.16. The van der Waals surface area contributed by atoms with Gasteiger partial charge in [0.1, 0.15) is 4.99 Å². The predicted molar refractivity (Wildman–Crippen MR) is 68.5 cm³/mol. The van der Waals surface area contributed by atoms with Gasteiger partial charge in [0.2, 0.25) is 0 Å². The molecule has 0 heterocycles. The van der Waals surface area contributed by atoms with Gasteiger partial charge in [-0.15, -0.1) is 0 Å². The van der Waals surface area contributed by atoms with Crippen LogP contribution in [0.15, 0.2) is 18.2 Å². The molecule has 1 aromatic carbocycles. The van der Waals surface area contributed by atoms with Crippen LogP contribution >= 0.6 is 12.2 Å². The van der Waals surface area contributed by atoms with Crippen LogP contribution in [-0.4, -0.2) is 11.5 Å². The van der Waals surface area contributed by atoms with Crippen LogP contribution in [0.1, 0.15) is 24.0 Å². The summed E-state index contributed by atoms with van der Waals surface area (Å²) in [5.41, 5.74) is 4.85. The number of thiocarbonyl (C=S) groups is 1. The topological polar surface area (TPSA) is 38.0 Å². The summed E-state index contributed by atoms with van der Waals surface area (Å²) in [4.78, 5) is -0.240. The van der Waals surface area contributed by atoms with Gasteiger partial charge in [-0.3, -0.25) is 0 Å². The fraction of sp³-hybridized carbons (Fsp3) is 0.417. The lowest BCUT2D eigenvalue weighted by Crippen LogP contribution is -2.18. The zero-order valence-electron chi connectivity index (χ0n) is 9.55. The molecule has 0 spiro atoms. The third-order valence-corrected chi connectivity index (χ3v) is 3.10. The first-order valence-electron chi connectivity index (χ1n) is 5.63. The second-order valence-electron chi connectivity index (χ2n) is 4.45. The second kappa shape index (κ2) is 4.76. The molecule has 6 heteroatoms. The molecule has 0 radical (unpaired) electrons. The average molecular weight is 274 g/mol. The Morgan fingerprint density at radius 3 is 2.56 bits per heavy atom. The lowest BCUT2D eigenvalue weighted by atomic mass is 10.1. The van der Waals surface area contributed by atoms with E-state index in [0.29, 0.717) is 18.2 Å². The monoisotopic (exact) mass is 274 g/mol. The molecular formula is C12H13F3N2S. The van der Waals surface area contributed by atoms with E-state index in [2.05, 4.69) is 17.5 Å². The molecule has 0 aromatic heterocycles. The Hall–Kier alpha value is -1.30. The predicted octanol–water partition coefficient (Wildman–Crippen LogP) is 3.16. The minimum absolute atomic E-state index is 0.130. The third-order valence-electron chi connectivity index (χ3n) is 2.88. The van der Waals surface area contributed by atoms with Crippen molar-refractivity contribution < 1.29 is 13.2 Å². The van der Waals surface area contributed by atoms with E-state index >= 15 is 0 Å². The first kappa shape index (κ1) is 13.1. The molecule has 1 aliphatic rings. The molecule has 0 saturated heterocycles. The molecular weight excluding hydrogens is 261 g/mol. The Bertz CT molecular complexity index is 467. The van der Waals surface area contributed by atoms with Crippen LogP contribution in [0.3, 0.4) is 0 Å². The zero-order chi connectivity index (χ0) is 13.3. The molecule has 0 bridgehead atoms. The van der Waals surface area contributed by atoms with Gasteiger partial charge in [-0.1, -0.05) is 12.2 Å². The van der Waals surface area contributed by atoms with E-state index in [1.54, 1.807) is 6.07 Å². The minimum Gasteiger partial charge on any atom is -0.389 e. The first-order valence-corrected chi connectivity index (χ1v) is 6.03. The van der Waals surface area contributed by atoms with Gasteiger partial charge in [0, 0.05) is 17.8 Å². The first-order chi connectivity index (χ1) is 8.38. The van der Waals surface area contributed by atoms with Gasteiger partial charge >= 0.3 is 6.18 Å². The maximum absolute atomic E-state index is 12.9. The van der Waals surface area contributed by atoms with Crippen molar-refractivity contribution in [3.8, 4) is 0 Å². The molecule has 2 rings (SSSR count). The van der Waals surface area contributed by atoms with Crippen molar-refractivity contribution in [2.24, 2.45) is 11.7 Å². The molecule has 0 atom stereocenters. The van der Waals surface area contributed by atoms with Crippen LogP contribution in [0.2, 0.25) is 0 Å². The Morgan fingerprint density at radius 2 is 2.06 bits per heavy atom. The van der Waals surface area contributed by atoms with E-state index in [-0.39, 0.29) is 10.6 Å². The molecule has 1 fully saturated rings. The fourth-order valence-corrected chi connectivity index (χ4v) is 1.87. The highest BCUT2D eigenvalue weighted by Crippen LogP contribution is 2.34. The number of anilines is 1. The third kappa shape index (κ3) is 3.13. The fourth-order valence-electron chi connectivity index (χ4n) is 1.69. The average Bonchev–Trinajstić information content (AvgIpc) is 3.08. The number of hydrogen-bond acceptors (Lipinski definition) is 2. The van der Waals surface area contributed by atoms with Crippen LogP contribution in [0, 0.1) is 5.92 Å². The van der Waals surface area contributed by atoms with E-state index in [9.17, 15) is 13.2 Å². The van der Waals surface area contributed by atoms with Crippen LogP contribution < -0.4 is 11.1 Å². The highest BCUT2D eigenvalue weighted by atomic mass is 32.1. The Labute approximate surface area is 108 Å². The lowest BCUT2D eigenvalue weighted by molar-refractivity contribution is -0.137. The number of halogens is 3. The highest BCUT2D eigenvalue weighted by Gasteiger charge is 2.34. The van der Waals surface area contributed by atoms with Gasteiger partial charge in [0.25, 0.3) is 0 Å². The molecule has 1 aromatic rings. The van der Waals surface area contributed by atoms with Crippen molar-refractivity contribution in [1.29, 1.82) is 0 Å². The van der Waals surface area contributed by atoms with Crippen molar-refractivity contribution in [3.63, 3.8) is 0 Å². The Balaban J connectivity index is 2.25. The summed E-state index contributed by atoms with van der Waals surface area (Å²) in [5, 5.41) is 3.00. The van der Waals surface area contributed by atoms with Crippen molar-refractivity contribution >= 4 is 22.9 Å². The Kier molecular flexibility index (Phi) is 3.47. The van der Waals surface area contributed by atoms with Crippen LogP contribution in [-0.2, 0) is 6.18 Å². The van der Waals surface area contributed by atoms with Gasteiger partial charge in [0.15, 0.2) is 0 Å². The maximum atomic E-state index is 12.9. The van der Waals surface area contributed by atoms with Gasteiger partial charge in [-0.2, -0.15) is 13.2 Å². The normalized spacial score (nSPS) is 15.5. The van der Waals surface area contributed by atoms with Crippen molar-refractivity contribution in [2.75, 3.05) is 11.9 Å². The van der Waals surface area contributed by atoms with Gasteiger partial charge in [0.05, 0.1) is 5.56 Å². The molecule has 1 saturated carbocycles. The molecule has 18 heavy (non-hydrogen) atoms. The number of nitrogens with two attached hydrogens (primary N) is 1. The summed E-state index contributed by atoms with van der Waals surface area (Å²) in [5.74, 6) is 0.592. The molecule has 1 aliphatic carbocycles. The SMILES string of the molecule is NC(=S)c1ccc(NCC2CC2)cc1C(F)(F)F. The van der Waals surface area contributed by atoms with Crippen molar-refractivity contribution in [2.45, 2.75) is 19.0 Å². The summed E-state index contributed by atoms with van der Waals surface area (Å²) in [7, 11) is 0. The number of nitrogens with one attached hydrogen (secondary N) is 1. The quantitative estimate of drug-likeness (QED) is 0.828. The molecule has 0 amide bonds. The molecule has 2 nitrogen and oxygen atoms in total. The van der Waals surface area contributed by atoms with Crippen LogP contribution in [0.4, 0.5) is 18.9 Å². The van der Waals surface area contributed by atoms with Crippen molar-refractivity contribution in [3.05, 3.63) is 29.3 Å². The van der Waals surface area contributed by atoms with E-state index < -0.39 is 11.7 Å². The minimum atomic E-state index is -4.45. The van der Waals surface area contributed by atoms with Gasteiger partial charge < -0.3 is 11.1 Å².